The van der Waals surface area contributed by atoms with Crippen molar-refractivity contribution in [3.63, 3.8) is 0 Å². The molecule has 31 heavy (non-hydrogen) atoms. The second kappa shape index (κ2) is 8.44. The number of hydrogen-bond donors (Lipinski definition) is 2. The molecule has 0 heterocycles. The molecule has 2 N–H and O–H groups in total. The number of carbonyl (C=O) groups excluding carboxylic acids is 2. The topological polar surface area (TPSA) is 58.2 Å². The molecule has 1 fully saturated rings. The van der Waals surface area contributed by atoms with E-state index in [-0.39, 0.29) is 21.8 Å². The van der Waals surface area contributed by atoms with Gasteiger partial charge in [0.2, 0.25) is 5.91 Å². The summed E-state index contributed by atoms with van der Waals surface area (Å²) in [5, 5.41) is 3.96. The number of hydrogen-bond acceptors (Lipinski definition) is 2. The summed E-state index contributed by atoms with van der Waals surface area (Å²) >= 11 is 18.1. The minimum atomic E-state index is -4.62. The first-order chi connectivity index (χ1) is 14.3. The third-order valence-electron chi connectivity index (χ3n) is 4.51. The first-order valence-electron chi connectivity index (χ1n) is 8.59. The third kappa shape index (κ3) is 5.39. The van der Waals surface area contributed by atoms with E-state index in [0.29, 0.717) is 6.07 Å². The van der Waals surface area contributed by atoms with Gasteiger partial charge in [0.05, 0.1) is 16.5 Å². The maximum atomic E-state index is 13.5. The van der Waals surface area contributed by atoms with E-state index < -0.39 is 52.3 Å². The minimum Gasteiger partial charge on any atom is -0.343 e. The monoisotopic (exact) mass is 500 g/mol. The van der Waals surface area contributed by atoms with Crippen molar-refractivity contribution in [1.29, 1.82) is 0 Å². The first-order valence-corrected chi connectivity index (χ1v) is 9.72. The van der Waals surface area contributed by atoms with Crippen LogP contribution in [0.25, 0.3) is 0 Å². The number of rotatable bonds is 5. The van der Waals surface area contributed by atoms with Crippen molar-refractivity contribution >= 4 is 52.3 Å². The lowest BCUT2D eigenvalue weighted by molar-refractivity contribution is -0.123. The van der Waals surface area contributed by atoms with Crippen LogP contribution >= 0.6 is 34.8 Å². The summed E-state index contributed by atoms with van der Waals surface area (Å²) in [5.41, 5.74) is -0.177. The molecule has 1 aliphatic rings. The van der Waals surface area contributed by atoms with E-state index in [1.165, 1.54) is 12.1 Å². The van der Waals surface area contributed by atoms with E-state index in [9.17, 15) is 31.5 Å². The molecule has 0 aromatic heterocycles. The van der Waals surface area contributed by atoms with Gasteiger partial charge >= 0.3 is 6.18 Å². The molecule has 0 bridgehead atoms. The van der Waals surface area contributed by atoms with Gasteiger partial charge in [0, 0.05) is 17.7 Å². The van der Waals surface area contributed by atoms with Gasteiger partial charge in [-0.1, -0.05) is 11.6 Å². The van der Waals surface area contributed by atoms with Gasteiger partial charge in [-0.15, -0.1) is 23.2 Å². The van der Waals surface area contributed by atoms with Gasteiger partial charge in [0.1, 0.15) is 22.5 Å². The number of amides is 2. The van der Waals surface area contributed by atoms with Gasteiger partial charge in [0.25, 0.3) is 5.91 Å². The molecule has 0 aliphatic heterocycles. The second-order valence-electron chi connectivity index (χ2n) is 6.81. The zero-order chi connectivity index (χ0) is 23.1. The Labute approximate surface area is 187 Å². The smallest absolute Gasteiger partial charge is 0.343 e. The minimum absolute atomic E-state index is 0.0340. The van der Waals surface area contributed by atoms with Crippen LogP contribution in [0.15, 0.2) is 36.4 Å². The summed E-state index contributed by atoms with van der Waals surface area (Å²) in [5.74, 6) is -5.52. The molecule has 1 aliphatic carbocycles. The normalized spacial score (nSPS) is 19.6. The highest BCUT2D eigenvalue weighted by Crippen LogP contribution is 2.65. The van der Waals surface area contributed by atoms with Crippen LogP contribution in [0.1, 0.15) is 21.8 Å². The van der Waals surface area contributed by atoms with Crippen molar-refractivity contribution in [3.05, 3.63) is 64.2 Å². The molecule has 2 amide bonds. The average molecular weight is 502 g/mol. The molecule has 2 atom stereocenters. The summed E-state index contributed by atoms with van der Waals surface area (Å²) in [7, 11) is 0. The summed E-state index contributed by atoms with van der Waals surface area (Å²) in [6.07, 6.45) is -4.62. The molecule has 0 saturated heterocycles. The molecule has 166 valence electrons. The molecule has 2 unspecified atom stereocenters. The van der Waals surface area contributed by atoms with Crippen molar-refractivity contribution in [2.75, 3.05) is 11.9 Å². The summed E-state index contributed by atoms with van der Waals surface area (Å²) in [6.45, 7) is -1.56. The van der Waals surface area contributed by atoms with Crippen molar-refractivity contribution in [1.82, 2.24) is 5.32 Å². The molecule has 12 heteroatoms. The van der Waals surface area contributed by atoms with Crippen LogP contribution in [0.4, 0.5) is 27.6 Å². The molecule has 0 spiro atoms. The van der Waals surface area contributed by atoms with Crippen molar-refractivity contribution in [3.8, 4) is 0 Å². The first kappa shape index (κ1) is 23.6. The number of nitrogens with one attached hydrogen (secondary N) is 2. The zero-order valence-electron chi connectivity index (χ0n) is 15.2. The Hall–Kier alpha value is -2.10. The van der Waals surface area contributed by atoms with E-state index in [4.69, 9.17) is 34.8 Å². The van der Waals surface area contributed by atoms with Gasteiger partial charge in [-0.2, -0.15) is 13.2 Å². The highest BCUT2D eigenvalue weighted by Gasteiger charge is 2.67. The van der Waals surface area contributed by atoms with E-state index in [0.717, 1.165) is 18.2 Å². The molecule has 4 nitrogen and oxygen atoms in total. The van der Waals surface area contributed by atoms with E-state index in [1.54, 1.807) is 5.32 Å². The fraction of sp³-hybridized carbons (Fsp3) is 0.263. The zero-order valence-corrected chi connectivity index (χ0v) is 17.4. The van der Waals surface area contributed by atoms with Crippen LogP contribution in [0.3, 0.4) is 0 Å². The summed E-state index contributed by atoms with van der Waals surface area (Å²) in [6, 6.07) is 6.27. The third-order valence-corrected chi connectivity index (χ3v) is 5.78. The Morgan fingerprint density at radius 2 is 1.65 bits per heavy atom. The lowest BCUT2D eigenvalue weighted by Gasteiger charge is -2.11. The maximum Gasteiger partial charge on any atom is 0.405 e. The maximum absolute atomic E-state index is 13.5. The van der Waals surface area contributed by atoms with Crippen LogP contribution in [0.5, 0.6) is 0 Å². The van der Waals surface area contributed by atoms with Crippen LogP contribution in [0, 0.1) is 17.6 Å². The predicted molar refractivity (Wildman–Crippen MR) is 105 cm³/mol. The Morgan fingerprint density at radius 3 is 2.23 bits per heavy atom. The SMILES string of the molecule is O=C(NCC(F)(F)F)c1cc(NC(=O)C2C(c3cc(F)cc(F)c3)C2(Cl)Cl)ccc1Cl. The number of alkyl halides is 5. The molecular weight excluding hydrogens is 490 g/mol. The largest absolute Gasteiger partial charge is 0.405 e. The number of anilines is 1. The lowest BCUT2D eigenvalue weighted by Crippen LogP contribution is -2.33. The molecular formula is C19H12Cl3F5N2O2. The quantitative estimate of drug-likeness (QED) is 0.424. The fourth-order valence-electron chi connectivity index (χ4n) is 3.10. The van der Waals surface area contributed by atoms with Gasteiger partial charge in [0.15, 0.2) is 0 Å². The second-order valence-corrected chi connectivity index (χ2v) is 8.67. The molecule has 2 aromatic carbocycles. The Kier molecular flexibility index (Phi) is 6.42. The van der Waals surface area contributed by atoms with Crippen molar-refractivity contribution < 1.29 is 31.5 Å². The Bertz CT molecular complexity index is 1030. The van der Waals surface area contributed by atoms with E-state index in [2.05, 4.69) is 5.32 Å². The fourth-order valence-corrected chi connectivity index (χ4v) is 4.13. The van der Waals surface area contributed by atoms with Crippen LogP contribution in [-0.2, 0) is 4.79 Å². The molecule has 2 aromatic rings. The molecule has 3 rings (SSSR count). The number of benzene rings is 2. The van der Waals surface area contributed by atoms with Crippen molar-refractivity contribution in [2.24, 2.45) is 5.92 Å². The van der Waals surface area contributed by atoms with Gasteiger partial charge in [-0.05, 0) is 35.9 Å². The standard InChI is InChI=1S/C19H12Cl3F5N2O2/c20-13-2-1-11(6-12(13)16(30)28-7-18(25,26)27)29-17(31)15-14(19(15,21)22)8-3-9(23)5-10(24)4-8/h1-6,14-15H,7H2,(H,28,30)(H,29,31). The lowest BCUT2D eigenvalue weighted by atomic mass is 10.1. The molecule has 1 saturated carbocycles. The highest BCUT2D eigenvalue weighted by atomic mass is 35.5. The van der Waals surface area contributed by atoms with Gasteiger partial charge in [-0.25, -0.2) is 8.78 Å². The number of carbonyl (C=O) groups is 2. The van der Waals surface area contributed by atoms with Gasteiger partial charge in [-0.3, -0.25) is 9.59 Å². The van der Waals surface area contributed by atoms with Crippen LogP contribution in [0.2, 0.25) is 5.02 Å². The number of halogens is 8. The highest BCUT2D eigenvalue weighted by molar-refractivity contribution is 6.53. The summed E-state index contributed by atoms with van der Waals surface area (Å²) in [4.78, 5) is 24.6. The molecule has 0 radical (unpaired) electrons. The van der Waals surface area contributed by atoms with Gasteiger partial charge < -0.3 is 10.6 Å². The average Bonchev–Trinajstić information content (AvgIpc) is 3.22. The Balaban J connectivity index is 1.75. The van der Waals surface area contributed by atoms with Crippen LogP contribution in [-0.4, -0.2) is 28.9 Å². The van der Waals surface area contributed by atoms with E-state index in [1.807, 2.05) is 0 Å². The van der Waals surface area contributed by atoms with Crippen LogP contribution < -0.4 is 10.6 Å². The van der Waals surface area contributed by atoms with Crippen molar-refractivity contribution in [2.45, 2.75) is 16.4 Å². The predicted octanol–water partition coefficient (Wildman–Crippen LogP) is 5.44. The Morgan fingerprint density at radius 1 is 1.03 bits per heavy atom. The van der Waals surface area contributed by atoms with E-state index >= 15 is 0 Å². The summed E-state index contributed by atoms with van der Waals surface area (Å²) < 4.78 is 62.3.